The van der Waals surface area contributed by atoms with Crippen LogP contribution in [0.3, 0.4) is 0 Å². The SMILES string of the molecule is COc1ccc(C(F)(F)F)cc1/C=C(\CNC(=O)C(F)(F)F)C(=O)O. The molecule has 138 valence electrons. The van der Waals surface area contributed by atoms with Gasteiger partial charge in [-0.15, -0.1) is 0 Å². The van der Waals surface area contributed by atoms with E-state index in [-0.39, 0.29) is 11.3 Å². The molecule has 0 spiro atoms. The third-order valence-corrected chi connectivity index (χ3v) is 2.86. The Labute approximate surface area is 136 Å². The summed E-state index contributed by atoms with van der Waals surface area (Å²) < 4.78 is 79.3. The van der Waals surface area contributed by atoms with Crippen molar-refractivity contribution in [3.63, 3.8) is 0 Å². The van der Waals surface area contributed by atoms with Gasteiger partial charge in [-0.3, -0.25) is 4.79 Å². The van der Waals surface area contributed by atoms with Gasteiger partial charge in [0.1, 0.15) is 5.75 Å². The molecule has 1 amide bonds. The number of hydrogen-bond acceptors (Lipinski definition) is 3. The van der Waals surface area contributed by atoms with Crippen LogP contribution in [0.4, 0.5) is 26.3 Å². The zero-order chi connectivity index (χ0) is 19.4. The maximum absolute atomic E-state index is 12.7. The number of aliphatic carboxylic acids is 1. The van der Waals surface area contributed by atoms with Crippen LogP contribution >= 0.6 is 0 Å². The average molecular weight is 371 g/mol. The van der Waals surface area contributed by atoms with E-state index in [0.717, 1.165) is 13.2 Å². The Morgan fingerprint density at radius 2 is 1.80 bits per heavy atom. The van der Waals surface area contributed by atoms with Gasteiger partial charge < -0.3 is 15.2 Å². The Hall–Kier alpha value is -2.72. The lowest BCUT2D eigenvalue weighted by Gasteiger charge is -2.12. The lowest BCUT2D eigenvalue weighted by Crippen LogP contribution is -2.38. The summed E-state index contributed by atoms with van der Waals surface area (Å²) in [5, 5.41) is 10.3. The van der Waals surface area contributed by atoms with Crippen molar-refractivity contribution >= 4 is 18.0 Å². The van der Waals surface area contributed by atoms with Crippen molar-refractivity contribution in [2.45, 2.75) is 12.4 Å². The molecule has 0 aromatic heterocycles. The Kier molecular flexibility index (Phi) is 6.05. The van der Waals surface area contributed by atoms with Gasteiger partial charge in [0, 0.05) is 5.56 Å². The number of carbonyl (C=O) groups is 2. The van der Waals surface area contributed by atoms with Crippen molar-refractivity contribution in [3.8, 4) is 5.75 Å². The van der Waals surface area contributed by atoms with Crippen LogP contribution in [0, 0.1) is 0 Å². The number of carbonyl (C=O) groups excluding carboxylic acids is 1. The number of carboxylic acid groups (broad SMARTS) is 1. The summed E-state index contributed by atoms with van der Waals surface area (Å²) in [5.41, 5.74) is -2.20. The Morgan fingerprint density at radius 3 is 2.24 bits per heavy atom. The number of rotatable bonds is 5. The number of alkyl halides is 6. The molecule has 0 saturated heterocycles. The predicted octanol–water partition coefficient (Wildman–Crippen LogP) is 2.86. The number of amides is 1. The fraction of sp³-hybridized carbons (Fsp3) is 0.286. The Balaban J connectivity index is 3.21. The normalized spacial score (nSPS) is 12.7. The summed E-state index contributed by atoms with van der Waals surface area (Å²) in [6.45, 7) is -1.05. The van der Waals surface area contributed by atoms with Crippen LogP contribution in [0.5, 0.6) is 5.75 Å². The number of carboxylic acids is 1. The van der Waals surface area contributed by atoms with Crippen molar-refractivity contribution < 1.29 is 45.8 Å². The van der Waals surface area contributed by atoms with Crippen LogP contribution in [0.1, 0.15) is 11.1 Å². The molecule has 1 rings (SSSR count). The summed E-state index contributed by atoms with van der Waals surface area (Å²) in [6, 6.07) is 2.21. The minimum absolute atomic E-state index is 0.131. The molecule has 0 bridgehead atoms. The zero-order valence-corrected chi connectivity index (χ0v) is 12.5. The summed E-state index contributed by atoms with van der Waals surface area (Å²) in [6.07, 6.45) is -9.26. The van der Waals surface area contributed by atoms with Gasteiger partial charge in [-0.1, -0.05) is 0 Å². The first-order chi connectivity index (χ1) is 11.4. The molecule has 1 aromatic rings. The Bertz CT molecular complexity index is 694. The quantitative estimate of drug-likeness (QED) is 0.617. The molecule has 0 aliphatic heterocycles. The summed E-state index contributed by atoms with van der Waals surface area (Å²) in [5.74, 6) is -4.23. The fourth-order valence-electron chi connectivity index (χ4n) is 1.68. The van der Waals surface area contributed by atoms with Crippen molar-refractivity contribution in [3.05, 3.63) is 34.9 Å². The number of halogens is 6. The van der Waals surface area contributed by atoms with Gasteiger partial charge in [0.25, 0.3) is 0 Å². The van der Waals surface area contributed by atoms with Gasteiger partial charge in [0.05, 0.1) is 24.8 Å². The second-order valence-electron chi connectivity index (χ2n) is 4.61. The van der Waals surface area contributed by atoms with E-state index in [2.05, 4.69) is 0 Å². The molecule has 0 fully saturated rings. The first-order valence-corrected chi connectivity index (χ1v) is 6.40. The molecule has 5 nitrogen and oxygen atoms in total. The van der Waals surface area contributed by atoms with E-state index in [9.17, 15) is 35.9 Å². The second kappa shape index (κ2) is 7.45. The highest BCUT2D eigenvalue weighted by Crippen LogP contribution is 2.33. The number of nitrogens with one attached hydrogen (secondary N) is 1. The molecule has 0 radical (unpaired) electrons. The smallest absolute Gasteiger partial charge is 0.471 e. The number of hydrogen-bond donors (Lipinski definition) is 2. The van der Waals surface area contributed by atoms with E-state index < -0.39 is 41.9 Å². The molecule has 0 unspecified atom stereocenters. The lowest BCUT2D eigenvalue weighted by atomic mass is 10.1. The van der Waals surface area contributed by atoms with Crippen molar-refractivity contribution in [2.24, 2.45) is 0 Å². The van der Waals surface area contributed by atoms with Crippen molar-refractivity contribution in [1.82, 2.24) is 5.32 Å². The summed E-state index contributed by atoms with van der Waals surface area (Å²) in [7, 11) is 1.12. The first kappa shape index (κ1) is 20.3. The van der Waals surface area contributed by atoms with E-state index in [0.29, 0.717) is 18.2 Å². The number of ether oxygens (including phenoxy) is 1. The molecular weight excluding hydrogens is 360 g/mol. The van der Waals surface area contributed by atoms with Gasteiger partial charge >= 0.3 is 24.2 Å². The predicted molar refractivity (Wildman–Crippen MR) is 72.7 cm³/mol. The molecular formula is C14H11F6NO4. The summed E-state index contributed by atoms with van der Waals surface area (Å²) in [4.78, 5) is 21.8. The molecule has 0 heterocycles. The minimum atomic E-state index is -5.22. The van der Waals surface area contributed by atoms with Crippen LogP contribution in [0.15, 0.2) is 23.8 Å². The van der Waals surface area contributed by atoms with Gasteiger partial charge in [-0.05, 0) is 24.3 Å². The van der Waals surface area contributed by atoms with E-state index in [4.69, 9.17) is 9.84 Å². The van der Waals surface area contributed by atoms with Crippen molar-refractivity contribution in [1.29, 1.82) is 0 Å². The maximum atomic E-state index is 12.7. The first-order valence-electron chi connectivity index (χ1n) is 6.40. The fourth-order valence-corrected chi connectivity index (χ4v) is 1.68. The highest BCUT2D eigenvalue weighted by atomic mass is 19.4. The highest BCUT2D eigenvalue weighted by molar-refractivity contribution is 5.94. The molecule has 1 aromatic carbocycles. The molecule has 2 N–H and O–H groups in total. The van der Waals surface area contributed by atoms with E-state index >= 15 is 0 Å². The van der Waals surface area contributed by atoms with Crippen LogP contribution in [0.2, 0.25) is 0 Å². The van der Waals surface area contributed by atoms with E-state index in [1.54, 1.807) is 0 Å². The van der Waals surface area contributed by atoms with E-state index in [1.165, 1.54) is 5.32 Å². The molecule has 11 heteroatoms. The Morgan fingerprint density at radius 1 is 1.20 bits per heavy atom. The second-order valence-corrected chi connectivity index (χ2v) is 4.61. The van der Waals surface area contributed by atoms with Crippen LogP contribution in [-0.4, -0.2) is 36.8 Å². The van der Waals surface area contributed by atoms with Gasteiger partial charge in [0.15, 0.2) is 0 Å². The standard InChI is InChI=1S/C14H11F6NO4/c1-25-10-3-2-9(13(15,16)17)5-7(10)4-8(11(22)23)6-21-12(24)14(18,19)20/h2-5H,6H2,1H3,(H,21,24)(H,22,23)/b8-4+. The molecule has 0 aliphatic carbocycles. The molecule has 0 saturated carbocycles. The average Bonchev–Trinajstić information content (AvgIpc) is 2.48. The molecule has 0 aliphatic rings. The van der Waals surface area contributed by atoms with Crippen LogP contribution in [-0.2, 0) is 15.8 Å². The van der Waals surface area contributed by atoms with Crippen molar-refractivity contribution in [2.75, 3.05) is 13.7 Å². The highest BCUT2D eigenvalue weighted by Gasteiger charge is 2.38. The van der Waals surface area contributed by atoms with Crippen LogP contribution < -0.4 is 10.1 Å². The molecule has 25 heavy (non-hydrogen) atoms. The monoisotopic (exact) mass is 371 g/mol. The van der Waals surface area contributed by atoms with E-state index in [1.807, 2.05) is 0 Å². The van der Waals surface area contributed by atoms with Crippen LogP contribution in [0.25, 0.3) is 6.08 Å². The van der Waals surface area contributed by atoms with Gasteiger partial charge in [0.2, 0.25) is 0 Å². The topological polar surface area (TPSA) is 75.6 Å². The maximum Gasteiger partial charge on any atom is 0.471 e. The van der Waals surface area contributed by atoms with Gasteiger partial charge in [-0.25, -0.2) is 4.79 Å². The van der Waals surface area contributed by atoms with Gasteiger partial charge in [-0.2, -0.15) is 26.3 Å². The zero-order valence-electron chi connectivity index (χ0n) is 12.5. The third-order valence-electron chi connectivity index (χ3n) is 2.86. The minimum Gasteiger partial charge on any atom is -0.496 e. The lowest BCUT2D eigenvalue weighted by molar-refractivity contribution is -0.173. The largest absolute Gasteiger partial charge is 0.496 e. The number of methoxy groups -OCH3 is 1. The third kappa shape index (κ3) is 5.69. The molecule has 0 atom stereocenters. The number of benzene rings is 1. The summed E-state index contributed by atoms with van der Waals surface area (Å²) >= 11 is 0.